The molecule has 0 aliphatic carbocycles. The zero-order valence-corrected chi connectivity index (χ0v) is 11.9. The second kappa shape index (κ2) is 8.79. The molecule has 102 valence electrons. The second-order valence-electron chi connectivity index (χ2n) is 5.86. The molecule has 0 N–H and O–H groups in total. The predicted molar refractivity (Wildman–Crippen MR) is 72.0 cm³/mol. The van der Waals surface area contributed by atoms with Gasteiger partial charge < -0.3 is 0 Å². The molecule has 0 spiro atoms. The lowest BCUT2D eigenvalue weighted by Crippen LogP contribution is -2.20. The number of isocyanates is 2. The van der Waals surface area contributed by atoms with Gasteiger partial charge in [0.1, 0.15) is 0 Å². The summed E-state index contributed by atoms with van der Waals surface area (Å²) in [4.78, 5) is 27.4. The molecule has 4 heteroatoms. The van der Waals surface area contributed by atoms with E-state index in [0.717, 1.165) is 25.7 Å². The number of carbonyl (C=O) groups excluding carboxylic acids is 2. The molecule has 0 bridgehead atoms. The summed E-state index contributed by atoms with van der Waals surface area (Å²) in [6, 6.07) is 0.0318. The highest BCUT2D eigenvalue weighted by molar-refractivity contribution is 5.33. The maximum absolute atomic E-state index is 10.2. The van der Waals surface area contributed by atoms with Crippen LogP contribution in [0.1, 0.15) is 53.4 Å². The van der Waals surface area contributed by atoms with Gasteiger partial charge in [-0.3, -0.25) is 0 Å². The number of rotatable bonds is 9. The van der Waals surface area contributed by atoms with Crippen molar-refractivity contribution in [3.8, 4) is 0 Å². The average molecular weight is 252 g/mol. The van der Waals surface area contributed by atoms with E-state index in [4.69, 9.17) is 0 Å². The molecule has 0 fully saturated rings. The summed E-state index contributed by atoms with van der Waals surface area (Å²) < 4.78 is 0. The predicted octanol–water partition coefficient (Wildman–Crippen LogP) is 3.27. The van der Waals surface area contributed by atoms with Crippen molar-refractivity contribution in [2.45, 2.75) is 59.4 Å². The normalized spacial score (nSPS) is 14.2. The summed E-state index contributed by atoms with van der Waals surface area (Å²) in [5, 5.41) is 0. The van der Waals surface area contributed by atoms with E-state index in [0.29, 0.717) is 12.5 Å². The van der Waals surface area contributed by atoms with E-state index < -0.39 is 0 Å². The third kappa shape index (κ3) is 8.86. The molecule has 4 nitrogen and oxygen atoms in total. The number of aliphatic imine (C=N–C) groups is 2. The largest absolute Gasteiger partial charge is 0.235 e. The molecule has 0 saturated heterocycles. The Balaban J connectivity index is 4.05. The van der Waals surface area contributed by atoms with Crippen LogP contribution in [0, 0.1) is 11.3 Å². The van der Waals surface area contributed by atoms with Gasteiger partial charge in [-0.25, -0.2) is 19.6 Å². The van der Waals surface area contributed by atoms with E-state index in [-0.39, 0.29) is 11.5 Å². The summed E-state index contributed by atoms with van der Waals surface area (Å²) >= 11 is 0. The van der Waals surface area contributed by atoms with Gasteiger partial charge in [0, 0.05) is 0 Å². The first kappa shape index (κ1) is 16.8. The summed E-state index contributed by atoms with van der Waals surface area (Å²) in [7, 11) is 0. The highest BCUT2D eigenvalue weighted by Crippen LogP contribution is 2.32. The van der Waals surface area contributed by atoms with Crippen LogP contribution in [0.15, 0.2) is 9.98 Å². The van der Waals surface area contributed by atoms with E-state index in [9.17, 15) is 9.59 Å². The van der Waals surface area contributed by atoms with Gasteiger partial charge >= 0.3 is 0 Å². The van der Waals surface area contributed by atoms with Crippen LogP contribution in [0.5, 0.6) is 0 Å². The molecule has 0 aromatic heterocycles. The van der Waals surface area contributed by atoms with E-state index in [2.05, 4.69) is 30.8 Å². The molecule has 18 heavy (non-hydrogen) atoms. The van der Waals surface area contributed by atoms with Crippen LogP contribution in [0.4, 0.5) is 0 Å². The first-order valence-corrected chi connectivity index (χ1v) is 6.52. The van der Waals surface area contributed by atoms with Crippen molar-refractivity contribution in [2.24, 2.45) is 21.3 Å². The zero-order valence-electron chi connectivity index (χ0n) is 11.9. The third-order valence-electron chi connectivity index (χ3n) is 3.05. The van der Waals surface area contributed by atoms with Gasteiger partial charge in [-0.1, -0.05) is 20.8 Å². The molecule has 0 heterocycles. The molecule has 0 aromatic rings. The van der Waals surface area contributed by atoms with Gasteiger partial charge in [0.2, 0.25) is 12.2 Å². The Morgan fingerprint density at radius 1 is 1.11 bits per heavy atom. The second-order valence-corrected chi connectivity index (χ2v) is 5.86. The Kier molecular flexibility index (Phi) is 8.19. The molecule has 0 aromatic carbocycles. The smallest absolute Gasteiger partial charge is 0.211 e. The minimum atomic E-state index is 0.0318. The quantitative estimate of drug-likeness (QED) is 0.359. The van der Waals surface area contributed by atoms with Gasteiger partial charge in [0.15, 0.2) is 0 Å². The molecule has 0 saturated carbocycles. The van der Waals surface area contributed by atoms with Crippen molar-refractivity contribution < 1.29 is 9.59 Å². The molecule has 0 aliphatic rings. The molecule has 0 radical (unpaired) electrons. The topological polar surface area (TPSA) is 58.9 Å². The Morgan fingerprint density at radius 3 is 2.33 bits per heavy atom. The van der Waals surface area contributed by atoms with Gasteiger partial charge in [-0.2, -0.15) is 0 Å². The monoisotopic (exact) mass is 252 g/mol. The van der Waals surface area contributed by atoms with Crippen molar-refractivity contribution in [3.63, 3.8) is 0 Å². The van der Waals surface area contributed by atoms with E-state index in [1.54, 1.807) is 12.2 Å². The van der Waals surface area contributed by atoms with Crippen molar-refractivity contribution in [1.82, 2.24) is 0 Å². The number of hydrogen-bond acceptors (Lipinski definition) is 4. The minimum absolute atomic E-state index is 0.0318. The van der Waals surface area contributed by atoms with Crippen LogP contribution < -0.4 is 0 Å². The fourth-order valence-electron chi connectivity index (χ4n) is 2.63. The lowest BCUT2D eigenvalue weighted by molar-refractivity contribution is 0.235. The minimum Gasteiger partial charge on any atom is -0.211 e. The Bertz CT molecular complexity index is 327. The number of nitrogens with zero attached hydrogens (tertiary/aromatic N) is 2. The van der Waals surface area contributed by atoms with Crippen molar-refractivity contribution in [1.29, 1.82) is 0 Å². The summed E-state index contributed by atoms with van der Waals surface area (Å²) in [6.07, 6.45) is 7.12. The maximum atomic E-state index is 10.2. The average Bonchev–Trinajstić information content (AvgIpc) is 2.23. The fourth-order valence-corrected chi connectivity index (χ4v) is 2.63. The highest BCUT2D eigenvalue weighted by atomic mass is 16.1. The molecule has 2 atom stereocenters. The van der Waals surface area contributed by atoms with Crippen LogP contribution in [-0.4, -0.2) is 24.7 Å². The van der Waals surface area contributed by atoms with Crippen LogP contribution >= 0.6 is 0 Å². The first-order chi connectivity index (χ1) is 8.41. The molecular formula is C14H24N2O2. The molecule has 0 aliphatic heterocycles. The summed E-state index contributed by atoms with van der Waals surface area (Å²) in [5.74, 6) is 0.578. The zero-order chi connectivity index (χ0) is 14.0. The Morgan fingerprint density at radius 2 is 1.78 bits per heavy atom. The van der Waals surface area contributed by atoms with Crippen LogP contribution in [0.25, 0.3) is 0 Å². The van der Waals surface area contributed by atoms with E-state index in [1.807, 2.05) is 6.92 Å². The lowest BCUT2D eigenvalue weighted by Gasteiger charge is -2.29. The van der Waals surface area contributed by atoms with Gasteiger partial charge in [0.25, 0.3) is 0 Å². The van der Waals surface area contributed by atoms with Crippen LogP contribution in [-0.2, 0) is 9.59 Å². The third-order valence-corrected chi connectivity index (χ3v) is 3.05. The van der Waals surface area contributed by atoms with E-state index in [1.165, 1.54) is 0 Å². The molecule has 0 rings (SSSR count). The van der Waals surface area contributed by atoms with E-state index >= 15 is 0 Å². The van der Waals surface area contributed by atoms with Gasteiger partial charge in [0.05, 0.1) is 12.6 Å². The van der Waals surface area contributed by atoms with Gasteiger partial charge in [-0.15, -0.1) is 0 Å². The summed E-state index contributed by atoms with van der Waals surface area (Å²) in [6.45, 7) is 9.12. The molecule has 0 amide bonds. The first-order valence-electron chi connectivity index (χ1n) is 6.52. The van der Waals surface area contributed by atoms with Crippen molar-refractivity contribution >= 4 is 12.2 Å². The number of hydrogen-bond donors (Lipinski definition) is 0. The van der Waals surface area contributed by atoms with Crippen molar-refractivity contribution in [2.75, 3.05) is 6.54 Å². The van der Waals surface area contributed by atoms with Crippen LogP contribution in [0.3, 0.4) is 0 Å². The Labute approximate surface area is 110 Å². The molecule has 2 unspecified atom stereocenters. The highest BCUT2D eigenvalue weighted by Gasteiger charge is 2.23. The fraction of sp³-hybridized carbons (Fsp3) is 0.857. The standard InChI is InChI=1S/C14H24N2O2/c1-12(6-5-7-15-10-17)8-14(3,4)9-13(2)16-11-18/h12-13H,5-9H2,1-4H3. The van der Waals surface area contributed by atoms with Crippen LogP contribution in [0.2, 0.25) is 0 Å². The van der Waals surface area contributed by atoms with Gasteiger partial charge in [-0.05, 0) is 43.9 Å². The SMILES string of the molecule is CC(CCCN=C=O)CC(C)(C)CC(C)N=C=O. The maximum Gasteiger partial charge on any atom is 0.235 e. The Hall–Kier alpha value is -1.24. The van der Waals surface area contributed by atoms with Crippen molar-refractivity contribution in [3.05, 3.63) is 0 Å². The molecular weight excluding hydrogens is 228 g/mol. The lowest BCUT2D eigenvalue weighted by atomic mass is 9.77. The summed E-state index contributed by atoms with van der Waals surface area (Å²) in [5.41, 5.74) is 0.160.